The fourth-order valence-corrected chi connectivity index (χ4v) is 2.12. The first-order chi connectivity index (χ1) is 10.8. The Bertz CT molecular complexity index is 610. The minimum atomic E-state index is -0.456. The number of pyridine rings is 1. The van der Waals surface area contributed by atoms with Gasteiger partial charge in [0, 0.05) is 18.7 Å². The van der Waals surface area contributed by atoms with Crippen molar-refractivity contribution >= 4 is 6.09 Å². The van der Waals surface area contributed by atoms with E-state index >= 15 is 0 Å². The lowest BCUT2D eigenvalue weighted by atomic mass is 10.1. The van der Waals surface area contributed by atoms with Gasteiger partial charge in [-0.1, -0.05) is 5.21 Å². The van der Waals surface area contributed by atoms with Crippen molar-refractivity contribution in [3.05, 3.63) is 36.4 Å². The number of rotatable bonds is 5. The number of ether oxygens (including phenoxy) is 2. The van der Waals surface area contributed by atoms with Gasteiger partial charge >= 0.3 is 6.09 Å². The molecule has 1 aliphatic heterocycles. The second-order valence-electron chi connectivity index (χ2n) is 5.05. The number of hydrogen-bond acceptors (Lipinski definition) is 6. The summed E-state index contributed by atoms with van der Waals surface area (Å²) in [5.41, 5.74) is 1.45. The maximum Gasteiger partial charge on any atom is 0.407 e. The molecule has 1 N–H and O–H groups in total. The Kier molecular flexibility index (Phi) is 4.59. The summed E-state index contributed by atoms with van der Waals surface area (Å²) in [5.74, 6) is 0.303. The van der Waals surface area contributed by atoms with Gasteiger partial charge in [0.05, 0.1) is 37.8 Å². The summed E-state index contributed by atoms with van der Waals surface area (Å²) in [6, 6.07) is 3.69. The summed E-state index contributed by atoms with van der Waals surface area (Å²) in [5, 5.41) is 10.6. The van der Waals surface area contributed by atoms with Crippen LogP contribution in [0.25, 0.3) is 5.69 Å². The first-order valence-corrected chi connectivity index (χ1v) is 7.11. The minimum Gasteiger partial charge on any atom is -0.449 e. The molecule has 0 spiro atoms. The van der Waals surface area contributed by atoms with Crippen LogP contribution in [0, 0.1) is 5.92 Å². The largest absolute Gasteiger partial charge is 0.449 e. The van der Waals surface area contributed by atoms with Crippen LogP contribution in [0.2, 0.25) is 0 Å². The molecule has 1 atom stereocenters. The van der Waals surface area contributed by atoms with E-state index in [-0.39, 0.29) is 6.54 Å². The molecule has 1 unspecified atom stereocenters. The monoisotopic (exact) mass is 303 g/mol. The van der Waals surface area contributed by atoms with E-state index < -0.39 is 6.09 Å². The lowest BCUT2D eigenvalue weighted by molar-refractivity contribution is 0.116. The predicted molar refractivity (Wildman–Crippen MR) is 76.3 cm³/mol. The van der Waals surface area contributed by atoms with Crippen LogP contribution in [0.4, 0.5) is 4.79 Å². The zero-order valence-electron chi connectivity index (χ0n) is 12.0. The van der Waals surface area contributed by atoms with E-state index in [0.29, 0.717) is 24.8 Å². The highest BCUT2D eigenvalue weighted by molar-refractivity contribution is 5.67. The van der Waals surface area contributed by atoms with Crippen molar-refractivity contribution in [2.24, 2.45) is 5.92 Å². The Morgan fingerprint density at radius 2 is 2.50 bits per heavy atom. The van der Waals surface area contributed by atoms with Crippen molar-refractivity contribution in [3.8, 4) is 5.69 Å². The lowest BCUT2D eigenvalue weighted by Crippen LogP contribution is -2.26. The number of carbonyl (C=O) groups is 1. The highest BCUT2D eigenvalue weighted by Crippen LogP contribution is 2.12. The van der Waals surface area contributed by atoms with Crippen LogP contribution in [-0.4, -0.2) is 45.9 Å². The summed E-state index contributed by atoms with van der Waals surface area (Å²) in [6.45, 7) is 2.05. The number of nitrogens with zero attached hydrogens (tertiary/aromatic N) is 4. The van der Waals surface area contributed by atoms with Crippen LogP contribution in [-0.2, 0) is 16.0 Å². The van der Waals surface area contributed by atoms with E-state index in [4.69, 9.17) is 9.47 Å². The van der Waals surface area contributed by atoms with Gasteiger partial charge in [-0.25, -0.2) is 9.48 Å². The average Bonchev–Trinajstić information content (AvgIpc) is 3.23. The van der Waals surface area contributed by atoms with E-state index in [1.807, 2.05) is 12.1 Å². The molecule has 1 fully saturated rings. The van der Waals surface area contributed by atoms with Crippen LogP contribution in [0.3, 0.4) is 0 Å². The molecule has 2 aromatic rings. The van der Waals surface area contributed by atoms with Gasteiger partial charge in [0.25, 0.3) is 0 Å². The van der Waals surface area contributed by atoms with E-state index in [0.717, 1.165) is 18.7 Å². The average molecular weight is 303 g/mol. The molecule has 1 saturated heterocycles. The fourth-order valence-electron chi connectivity index (χ4n) is 2.12. The predicted octanol–water partition coefficient (Wildman–Crippen LogP) is 0.925. The standard InChI is InChI=1S/C14H17N5O3/c20-14(22-10-11-3-5-21-9-11)16-6-12-8-19(18-17-12)13-2-1-4-15-7-13/h1-2,4,7-8,11H,3,5-6,9-10H2,(H,16,20). The Labute approximate surface area is 127 Å². The molecule has 8 heteroatoms. The van der Waals surface area contributed by atoms with Crippen molar-refractivity contribution in [2.45, 2.75) is 13.0 Å². The van der Waals surface area contributed by atoms with Gasteiger partial charge in [0.1, 0.15) is 5.69 Å². The summed E-state index contributed by atoms with van der Waals surface area (Å²) in [4.78, 5) is 15.6. The van der Waals surface area contributed by atoms with Crippen LogP contribution < -0.4 is 5.32 Å². The molecule has 22 heavy (non-hydrogen) atoms. The molecule has 116 valence electrons. The number of alkyl carbamates (subject to hydrolysis) is 1. The molecule has 0 aromatic carbocycles. The second-order valence-corrected chi connectivity index (χ2v) is 5.05. The van der Waals surface area contributed by atoms with E-state index in [1.54, 1.807) is 23.3 Å². The third kappa shape index (κ3) is 3.79. The lowest BCUT2D eigenvalue weighted by Gasteiger charge is -2.09. The highest BCUT2D eigenvalue weighted by atomic mass is 16.6. The van der Waals surface area contributed by atoms with Crippen molar-refractivity contribution in [1.29, 1.82) is 0 Å². The van der Waals surface area contributed by atoms with Gasteiger partial charge in [-0.15, -0.1) is 5.10 Å². The van der Waals surface area contributed by atoms with Crippen molar-refractivity contribution in [1.82, 2.24) is 25.3 Å². The maximum atomic E-state index is 11.6. The van der Waals surface area contributed by atoms with Crippen molar-refractivity contribution in [2.75, 3.05) is 19.8 Å². The first kappa shape index (κ1) is 14.5. The van der Waals surface area contributed by atoms with Crippen LogP contribution >= 0.6 is 0 Å². The number of nitrogens with one attached hydrogen (secondary N) is 1. The molecule has 3 rings (SSSR count). The van der Waals surface area contributed by atoms with Crippen LogP contribution in [0.1, 0.15) is 12.1 Å². The number of carbonyl (C=O) groups excluding carboxylic acids is 1. The number of hydrogen-bond donors (Lipinski definition) is 1. The van der Waals surface area contributed by atoms with Crippen molar-refractivity contribution < 1.29 is 14.3 Å². The Morgan fingerprint density at radius 3 is 3.27 bits per heavy atom. The zero-order valence-corrected chi connectivity index (χ0v) is 12.0. The van der Waals surface area contributed by atoms with Crippen molar-refractivity contribution in [3.63, 3.8) is 0 Å². The van der Waals surface area contributed by atoms with Gasteiger partial charge in [-0.05, 0) is 18.6 Å². The highest BCUT2D eigenvalue weighted by Gasteiger charge is 2.17. The topological polar surface area (TPSA) is 91.2 Å². The van der Waals surface area contributed by atoms with E-state index in [1.165, 1.54) is 0 Å². The third-order valence-electron chi connectivity index (χ3n) is 3.34. The third-order valence-corrected chi connectivity index (χ3v) is 3.34. The molecule has 0 radical (unpaired) electrons. The maximum absolute atomic E-state index is 11.6. The smallest absolute Gasteiger partial charge is 0.407 e. The Morgan fingerprint density at radius 1 is 1.55 bits per heavy atom. The van der Waals surface area contributed by atoms with Gasteiger partial charge in [-0.3, -0.25) is 4.98 Å². The normalized spacial score (nSPS) is 17.4. The molecule has 0 saturated carbocycles. The quantitative estimate of drug-likeness (QED) is 0.883. The first-order valence-electron chi connectivity index (χ1n) is 7.11. The summed E-state index contributed by atoms with van der Waals surface area (Å²) in [6.07, 6.45) is 5.59. The van der Waals surface area contributed by atoms with E-state index in [9.17, 15) is 4.79 Å². The van der Waals surface area contributed by atoms with Gasteiger partial charge in [0.2, 0.25) is 0 Å². The fraction of sp³-hybridized carbons (Fsp3) is 0.429. The molecule has 2 aromatic heterocycles. The number of aromatic nitrogens is 4. The van der Waals surface area contributed by atoms with E-state index in [2.05, 4.69) is 20.6 Å². The summed E-state index contributed by atoms with van der Waals surface area (Å²) < 4.78 is 12.0. The zero-order chi connectivity index (χ0) is 15.2. The second kappa shape index (κ2) is 6.99. The van der Waals surface area contributed by atoms with Gasteiger partial charge < -0.3 is 14.8 Å². The summed E-state index contributed by atoms with van der Waals surface area (Å²) in [7, 11) is 0. The van der Waals surface area contributed by atoms with Crippen LogP contribution in [0.5, 0.6) is 0 Å². The Hall–Kier alpha value is -2.48. The molecular weight excluding hydrogens is 286 g/mol. The minimum absolute atomic E-state index is 0.264. The molecule has 3 heterocycles. The van der Waals surface area contributed by atoms with Crippen LogP contribution in [0.15, 0.2) is 30.7 Å². The SMILES string of the molecule is O=C(NCc1cn(-c2cccnc2)nn1)OCC1CCOC1. The molecule has 1 aliphatic rings. The molecule has 0 bridgehead atoms. The Balaban J connectivity index is 1.45. The molecule has 1 amide bonds. The van der Waals surface area contributed by atoms with Gasteiger partial charge in [-0.2, -0.15) is 0 Å². The molecule has 0 aliphatic carbocycles. The number of amides is 1. The molecule has 8 nitrogen and oxygen atoms in total. The summed E-state index contributed by atoms with van der Waals surface area (Å²) >= 11 is 0. The molecular formula is C14H17N5O3. The van der Waals surface area contributed by atoms with Gasteiger partial charge in [0.15, 0.2) is 0 Å².